The van der Waals surface area contributed by atoms with Gasteiger partial charge in [-0.2, -0.15) is 10.2 Å². The van der Waals surface area contributed by atoms with Gasteiger partial charge in [0.05, 0.1) is 30.4 Å². The molecule has 0 aliphatic heterocycles. The maximum Gasteiger partial charge on any atom is 0.201 e. The van der Waals surface area contributed by atoms with Crippen LogP contribution in [0.25, 0.3) is 11.0 Å². The molecule has 6 nitrogen and oxygen atoms in total. The first kappa shape index (κ1) is 11.5. The van der Waals surface area contributed by atoms with Gasteiger partial charge in [0.15, 0.2) is 0 Å². The fraction of sp³-hybridized carbons (Fsp3) is 0.154. The van der Waals surface area contributed by atoms with Crippen LogP contribution in [0.2, 0.25) is 0 Å². The number of hydrogen-bond donors (Lipinski definition) is 1. The second kappa shape index (κ2) is 4.56. The molecule has 0 atom stereocenters. The summed E-state index contributed by atoms with van der Waals surface area (Å²) in [4.78, 5) is 4.33. The van der Waals surface area contributed by atoms with Gasteiger partial charge in [-0.3, -0.25) is 0 Å². The Morgan fingerprint density at radius 1 is 1.32 bits per heavy atom. The van der Waals surface area contributed by atoms with Crippen molar-refractivity contribution in [2.24, 2.45) is 0 Å². The Bertz CT molecular complexity index is 708. The van der Waals surface area contributed by atoms with Crippen LogP contribution in [0.5, 0.6) is 5.75 Å². The molecular formula is C13H13N5O. The Morgan fingerprint density at radius 3 is 2.95 bits per heavy atom. The lowest BCUT2D eigenvalue weighted by Crippen LogP contribution is -2.06. The normalized spacial score (nSPS) is 10.8. The SMILES string of the molecule is COc1ccc2c(c1)nc(N)n2Cc1cccnn1. The maximum absolute atomic E-state index is 5.96. The van der Waals surface area contributed by atoms with Crippen molar-refractivity contribution < 1.29 is 4.74 Å². The smallest absolute Gasteiger partial charge is 0.201 e. The number of benzene rings is 1. The molecule has 0 unspecified atom stereocenters. The number of methoxy groups -OCH3 is 1. The number of imidazole rings is 1. The van der Waals surface area contributed by atoms with Crippen molar-refractivity contribution in [2.75, 3.05) is 12.8 Å². The second-order valence-electron chi connectivity index (χ2n) is 4.13. The number of nitrogens with two attached hydrogens (primary N) is 1. The van der Waals surface area contributed by atoms with Crippen molar-refractivity contribution >= 4 is 17.0 Å². The van der Waals surface area contributed by atoms with E-state index in [0.717, 1.165) is 22.5 Å². The third-order valence-electron chi connectivity index (χ3n) is 2.93. The summed E-state index contributed by atoms with van der Waals surface area (Å²) < 4.78 is 7.08. The van der Waals surface area contributed by atoms with Crippen molar-refractivity contribution in [1.82, 2.24) is 19.7 Å². The van der Waals surface area contributed by atoms with E-state index < -0.39 is 0 Å². The summed E-state index contributed by atoms with van der Waals surface area (Å²) in [7, 11) is 1.63. The molecule has 2 N–H and O–H groups in total. The van der Waals surface area contributed by atoms with Crippen LogP contribution in [-0.4, -0.2) is 26.9 Å². The van der Waals surface area contributed by atoms with Gasteiger partial charge >= 0.3 is 0 Å². The fourth-order valence-electron chi connectivity index (χ4n) is 2.00. The lowest BCUT2D eigenvalue weighted by Gasteiger charge is -2.05. The van der Waals surface area contributed by atoms with Gasteiger partial charge in [0.25, 0.3) is 0 Å². The summed E-state index contributed by atoms with van der Waals surface area (Å²) >= 11 is 0. The molecule has 0 saturated carbocycles. The Labute approximate surface area is 109 Å². The van der Waals surface area contributed by atoms with E-state index in [2.05, 4.69) is 15.2 Å². The predicted octanol–water partition coefficient (Wildman–Crippen LogP) is 1.47. The highest BCUT2D eigenvalue weighted by molar-refractivity contribution is 5.80. The Balaban J connectivity index is 2.06. The molecule has 1 aromatic carbocycles. The third-order valence-corrected chi connectivity index (χ3v) is 2.93. The van der Waals surface area contributed by atoms with Crippen LogP contribution in [0.15, 0.2) is 36.5 Å². The van der Waals surface area contributed by atoms with Crippen LogP contribution >= 0.6 is 0 Å². The van der Waals surface area contributed by atoms with Crippen molar-refractivity contribution in [3.63, 3.8) is 0 Å². The number of nitrogen functional groups attached to an aromatic ring is 1. The van der Waals surface area contributed by atoms with Gasteiger partial charge in [-0.25, -0.2) is 4.98 Å². The summed E-state index contributed by atoms with van der Waals surface area (Å²) in [5.41, 5.74) is 8.55. The minimum atomic E-state index is 0.453. The highest BCUT2D eigenvalue weighted by Gasteiger charge is 2.10. The number of aromatic nitrogens is 4. The molecule has 0 amide bonds. The monoisotopic (exact) mass is 255 g/mol. The van der Waals surface area contributed by atoms with E-state index in [0.29, 0.717) is 12.5 Å². The Hall–Kier alpha value is -2.63. The standard InChI is InChI=1S/C13H13N5O/c1-19-10-4-5-12-11(7-10)16-13(14)18(12)8-9-3-2-6-15-17-9/h2-7H,8H2,1H3,(H2,14,16). The van der Waals surface area contributed by atoms with Gasteiger partial charge in [-0.1, -0.05) is 0 Å². The first-order chi connectivity index (χ1) is 9.28. The molecule has 0 aliphatic carbocycles. The number of ether oxygens (including phenoxy) is 1. The van der Waals surface area contributed by atoms with E-state index in [4.69, 9.17) is 10.5 Å². The summed E-state index contributed by atoms with van der Waals surface area (Å²) in [6, 6.07) is 9.44. The lowest BCUT2D eigenvalue weighted by molar-refractivity contribution is 0.415. The molecular weight excluding hydrogens is 242 g/mol. The summed E-state index contributed by atoms with van der Waals surface area (Å²) in [5.74, 6) is 1.21. The third kappa shape index (κ3) is 2.08. The molecule has 96 valence electrons. The predicted molar refractivity (Wildman–Crippen MR) is 71.8 cm³/mol. The molecule has 3 aromatic rings. The molecule has 6 heteroatoms. The number of hydrogen-bond acceptors (Lipinski definition) is 5. The van der Waals surface area contributed by atoms with Crippen LogP contribution < -0.4 is 10.5 Å². The van der Waals surface area contributed by atoms with Gasteiger partial charge in [0.2, 0.25) is 5.95 Å². The first-order valence-electron chi connectivity index (χ1n) is 5.84. The molecule has 0 radical (unpaired) electrons. The highest BCUT2D eigenvalue weighted by Crippen LogP contribution is 2.23. The number of fused-ring (bicyclic) bond motifs is 1. The van der Waals surface area contributed by atoms with E-state index in [1.807, 2.05) is 34.9 Å². The van der Waals surface area contributed by atoms with Crippen molar-refractivity contribution in [1.29, 1.82) is 0 Å². The summed E-state index contributed by atoms with van der Waals surface area (Å²) in [5, 5.41) is 7.91. The molecule has 3 rings (SSSR count). The maximum atomic E-state index is 5.96. The first-order valence-corrected chi connectivity index (χ1v) is 5.84. The largest absolute Gasteiger partial charge is 0.497 e. The average Bonchev–Trinajstić information content (AvgIpc) is 2.75. The number of nitrogens with zero attached hydrogens (tertiary/aromatic N) is 4. The number of anilines is 1. The fourth-order valence-corrected chi connectivity index (χ4v) is 2.00. The van der Waals surface area contributed by atoms with E-state index in [9.17, 15) is 0 Å². The second-order valence-corrected chi connectivity index (χ2v) is 4.13. The molecule has 19 heavy (non-hydrogen) atoms. The van der Waals surface area contributed by atoms with Gasteiger partial charge in [0, 0.05) is 12.3 Å². The Morgan fingerprint density at radius 2 is 2.21 bits per heavy atom. The zero-order chi connectivity index (χ0) is 13.2. The zero-order valence-corrected chi connectivity index (χ0v) is 10.4. The van der Waals surface area contributed by atoms with Gasteiger partial charge in [-0.05, 0) is 24.3 Å². The van der Waals surface area contributed by atoms with Crippen LogP contribution in [0.4, 0.5) is 5.95 Å². The summed E-state index contributed by atoms with van der Waals surface area (Å²) in [6.45, 7) is 0.544. The molecule has 2 aromatic heterocycles. The lowest BCUT2D eigenvalue weighted by atomic mass is 10.3. The van der Waals surface area contributed by atoms with Gasteiger partial charge in [-0.15, -0.1) is 0 Å². The van der Waals surface area contributed by atoms with Crippen LogP contribution in [0.1, 0.15) is 5.69 Å². The van der Waals surface area contributed by atoms with E-state index in [1.165, 1.54) is 0 Å². The van der Waals surface area contributed by atoms with Crippen LogP contribution in [0, 0.1) is 0 Å². The highest BCUT2D eigenvalue weighted by atomic mass is 16.5. The summed E-state index contributed by atoms with van der Waals surface area (Å²) in [6.07, 6.45) is 1.64. The van der Waals surface area contributed by atoms with Crippen molar-refractivity contribution in [2.45, 2.75) is 6.54 Å². The number of rotatable bonds is 3. The van der Waals surface area contributed by atoms with Gasteiger partial charge < -0.3 is 15.0 Å². The van der Waals surface area contributed by atoms with E-state index in [1.54, 1.807) is 13.3 Å². The van der Waals surface area contributed by atoms with Crippen molar-refractivity contribution in [3.05, 3.63) is 42.2 Å². The van der Waals surface area contributed by atoms with E-state index >= 15 is 0 Å². The minimum absolute atomic E-state index is 0.453. The Kier molecular flexibility index (Phi) is 2.75. The zero-order valence-electron chi connectivity index (χ0n) is 10.4. The van der Waals surface area contributed by atoms with Gasteiger partial charge in [0.1, 0.15) is 5.75 Å². The van der Waals surface area contributed by atoms with Crippen LogP contribution in [0.3, 0.4) is 0 Å². The topological polar surface area (TPSA) is 78.9 Å². The molecule has 0 aliphatic rings. The van der Waals surface area contributed by atoms with E-state index in [-0.39, 0.29) is 0 Å². The molecule has 0 saturated heterocycles. The minimum Gasteiger partial charge on any atom is -0.497 e. The quantitative estimate of drug-likeness (QED) is 0.766. The molecule has 2 heterocycles. The van der Waals surface area contributed by atoms with Crippen molar-refractivity contribution in [3.8, 4) is 5.75 Å². The molecule has 0 fully saturated rings. The van der Waals surface area contributed by atoms with Crippen LogP contribution in [-0.2, 0) is 6.54 Å². The molecule has 0 bridgehead atoms. The molecule has 0 spiro atoms. The average molecular weight is 255 g/mol.